The summed E-state index contributed by atoms with van der Waals surface area (Å²) in [5.41, 5.74) is 3.08. The predicted octanol–water partition coefficient (Wildman–Crippen LogP) is 4.84. The summed E-state index contributed by atoms with van der Waals surface area (Å²) >= 11 is 3.47. The van der Waals surface area contributed by atoms with Crippen LogP contribution in [-0.2, 0) is 0 Å². The molecule has 0 bridgehead atoms. The van der Waals surface area contributed by atoms with Crippen LogP contribution in [0.3, 0.4) is 0 Å². The molecule has 1 aromatic carbocycles. The number of rotatable bonds is 3. The first kappa shape index (κ1) is 20.9. The second-order valence-corrected chi connectivity index (χ2v) is 8.07. The average Bonchev–Trinajstić information content (AvgIpc) is 2.68. The normalized spacial score (nSPS) is 18.9. The molecule has 8 heteroatoms. The van der Waals surface area contributed by atoms with Crippen LogP contribution in [0.15, 0.2) is 34.8 Å². The molecular formula is C21H24BrN5O2. The number of ether oxygens (including phenoxy) is 1. The average molecular weight is 458 g/mol. The summed E-state index contributed by atoms with van der Waals surface area (Å²) < 4.78 is 5.97. The maximum absolute atomic E-state index is 12.9. The second-order valence-electron chi connectivity index (χ2n) is 7.22. The third-order valence-corrected chi connectivity index (χ3v) is 5.66. The van der Waals surface area contributed by atoms with Gasteiger partial charge >= 0.3 is 6.03 Å². The molecule has 2 amide bonds. The highest BCUT2D eigenvalue weighted by molar-refractivity contribution is 9.10. The Bertz CT molecular complexity index is 959. The third kappa shape index (κ3) is 4.62. The molecule has 2 atom stereocenters. The van der Waals surface area contributed by atoms with E-state index in [2.05, 4.69) is 42.9 Å². The van der Waals surface area contributed by atoms with Gasteiger partial charge < -0.3 is 19.9 Å². The lowest BCUT2D eigenvalue weighted by Crippen LogP contribution is -2.59. The zero-order valence-corrected chi connectivity index (χ0v) is 18.5. The molecule has 0 spiro atoms. The Kier molecular flexibility index (Phi) is 6.28. The van der Waals surface area contributed by atoms with Gasteiger partial charge in [0, 0.05) is 52.8 Å². The van der Waals surface area contributed by atoms with E-state index in [1.807, 2.05) is 43.0 Å². The van der Waals surface area contributed by atoms with Crippen LogP contribution < -0.4 is 15.0 Å². The van der Waals surface area contributed by atoms with Gasteiger partial charge in [-0.3, -0.25) is 0 Å². The van der Waals surface area contributed by atoms with Crippen molar-refractivity contribution in [3.8, 4) is 5.88 Å². The Morgan fingerprint density at radius 3 is 2.69 bits per heavy atom. The largest absolute Gasteiger partial charge is 0.481 e. The Balaban J connectivity index is 1.73. The molecule has 1 aliphatic heterocycles. The lowest BCUT2D eigenvalue weighted by molar-refractivity contribution is 0.173. The number of nitrogens with one attached hydrogen (secondary N) is 1. The van der Waals surface area contributed by atoms with Crippen LogP contribution in [0, 0.1) is 13.5 Å². The number of methoxy groups -OCH3 is 1. The monoisotopic (exact) mass is 457 g/mol. The number of benzene rings is 1. The standard InChI is InChI=1S/C21H24BrN5O2/c1-13-8-16(9-20(24-13)29-5)25-21(28)27-12-14(2)26(11-15(27)3)17-6-7-19(23-4)18(22)10-17/h6-10,14-15H,11-12H2,1-3,5H3,(H,24,25,28)/t14-,15+/m0/s1. The minimum Gasteiger partial charge on any atom is -0.481 e. The Morgan fingerprint density at radius 1 is 1.28 bits per heavy atom. The molecule has 0 aliphatic carbocycles. The van der Waals surface area contributed by atoms with Crippen LogP contribution in [0.5, 0.6) is 5.88 Å². The van der Waals surface area contributed by atoms with Crippen LogP contribution in [0.1, 0.15) is 19.5 Å². The van der Waals surface area contributed by atoms with E-state index in [1.165, 1.54) is 0 Å². The molecule has 1 aromatic heterocycles. The number of halogens is 1. The molecule has 7 nitrogen and oxygen atoms in total. The van der Waals surface area contributed by atoms with Crippen molar-refractivity contribution in [1.82, 2.24) is 9.88 Å². The van der Waals surface area contributed by atoms with Crippen molar-refractivity contribution in [1.29, 1.82) is 0 Å². The van der Waals surface area contributed by atoms with Gasteiger partial charge in [-0.15, -0.1) is 0 Å². The summed E-state index contributed by atoms with van der Waals surface area (Å²) in [7, 11) is 1.55. The number of hydrogen-bond donors (Lipinski definition) is 1. The van der Waals surface area contributed by atoms with E-state index >= 15 is 0 Å². The topological polar surface area (TPSA) is 62.1 Å². The Morgan fingerprint density at radius 2 is 2.03 bits per heavy atom. The molecule has 3 rings (SSSR count). The number of pyridine rings is 1. The van der Waals surface area contributed by atoms with Crippen molar-refractivity contribution >= 4 is 39.0 Å². The minimum absolute atomic E-state index is 0.0235. The molecule has 0 radical (unpaired) electrons. The van der Waals surface area contributed by atoms with Crippen molar-refractivity contribution < 1.29 is 9.53 Å². The predicted molar refractivity (Wildman–Crippen MR) is 118 cm³/mol. The van der Waals surface area contributed by atoms with Crippen LogP contribution in [0.4, 0.5) is 21.9 Å². The zero-order chi connectivity index (χ0) is 21.1. The highest BCUT2D eigenvalue weighted by atomic mass is 79.9. The molecule has 0 saturated carbocycles. The summed E-state index contributed by atoms with van der Waals surface area (Å²) in [5.74, 6) is 0.472. The van der Waals surface area contributed by atoms with Gasteiger partial charge in [0.2, 0.25) is 11.6 Å². The molecule has 152 valence electrons. The van der Waals surface area contributed by atoms with Gasteiger partial charge in [0.1, 0.15) is 0 Å². The number of anilines is 2. The van der Waals surface area contributed by atoms with Crippen LogP contribution >= 0.6 is 15.9 Å². The van der Waals surface area contributed by atoms with Crippen molar-refractivity contribution in [3.63, 3.8) is 0 Å². The maximum atomic E-state index is 12.9. The van der Waals surface area contributed by atoms with E-state index in [4.69, 9.17) is 11.3 Å². The lowest BCUT2D eigenvalue weighted by Gasteiger charge is -2.45. The fourth-order valence-electron chi connectivity index (χ4n) is 3.54. The SMILES string of the molecule is [C-]#[N+]c1ccc(N2C[C@@H](C)N(C(=O)Nc3cc(C)nc(OC)c3)C[C@@H]2C)cc1Br. The molecule has 1 aliphatic rings. The fraction of sp³-hybridized carbons (Fsp3) is 0.381. The Hall–Kier alpha value is -2.79. The summed E-state index contributed by atoms with van der Waals surface area (Å²) in [6, 6.07) is 9.31. The van der Waals surface area contributed by atoms with E-state index in [0.29, 0.717) is 30.3 Å². The molecular weight excluding hydrogens is 434 g/mol. The molecule has 1 N–H and O–H groups in total. The lowest BCUT2D eigenvalue weighted by atomic mass is 10.1. The molecule has 2 aromatic rings. The number of aromatic nitrogens is 1. The molecule has 29 heavy (non-hydrogen) atoms. The van der Waals surface area contributed by atoms with Gasteiger partial charge in [-0.25, -0.2) is 14.6 Å². The van der Waals surface area contributed by atoms with Gasteiger partial charge in [-0.05, 0) is 39.0 Å². The van der Waals surface area contributed by atoms with Crippen molar-refractivity contribution in [2.75, 3.05) is 30.4 Å². The zero-order valence-electron chi connectivity index (χ0n) is 16.9. The number of urea groups is 1. The van der Waals surface area contributed by atoms with Crippen LogP contribution in [0.2, 0.25) is 0 Å². The van der Waals surface area contributed by atoms with Gasteiger partial charge in [0.15, 0.2) is 0 Å². The first-order valence-electron chi connectivity index (χ1n) is 9.36. The molecule has 1 saturated heterocycles. The van der Waals surface area contributed by atoms with Crippen LogP contribution in [0.25, 0.3) is 4.85 Å². The summed E-state index contributed by atoms with van der Waals surface area (Å²) in [5, 5.41) is 2.96. The smallest absolute Gasteiger partial charge is 0.322 e. The van der Waals surface area contributed by atoms with E-state index < -0.39 is 0 Å². The summed E-state index contributed by atoms with van der Waals surface area (Å²) in [4.78, 5) is 24.8. The second kappa shape index (κ2) is 8.70. The minimum atomic E-state index is -0.138. The number of aryl methyl sites for hydroxylation is 1. The number of amides is 2. The number of hydrogen-bond acceptors (Lipinski definition) is 4. The first-order chi connectivity index (χ1) is 13.8. The van der Waals surface area contributed by atoms with Gasteiger partial charge in [0.25, 0.3) is 0 Å². The summed E-state index contributed by atoms with van der Waals surface area (Å²) in [6.07, 6.45) is 0. The quantitative estimate of drug-likeness (QED) is 0.669. The number of nitrogens with zero attached hydrogens (tertiary/aromatic N) is 4. The summed E-state index contributed by atoms with van der Waals surface area (Å²) in [6.45, 7) is 14.5. The van der Waals surface area contributed by atoms with Crippen molar-refractivity contribution in [2.24, 2.45) is 0 Å². The maximum Gasteiger partial charge on any atom is 0.322 e. The number of carbonyl (C=O) groups is 1. The van der Waals surface area contributed by atoms with Crippen LogP contribution in [-0.4, -0.2) is 48.2 Å². The van der Waals surface area contributed by atoms with Crippen molar-refractivity contribution in [2.45, 2.75) is 32.9 Å². The molecule has 0 unspecified atom stereocenters. The number of piperazine rings is 1. The van der Waals surface area contributed by atoms with Crippen molar-refractivity contribution in [3.05, 3.63) is 51.9 Å². The molecule has 1 fully saturated rings. The Labute approximate surface area is 179 Å². The fourth-order valence-corrected chi connectivity index (χ4v) is 4.00. The van der Waals surface area contributed by atoms with E-state index in [-0.39, 0.29) is 18.1 Å². The highest BCUT2D eigenvalue weighted by Crippen LogP contribution is 2.32. The number of carbonyl (C=O) groups excluding carboxylic acids is 1. The third-order valence-electron chi connectivity index (χ3n) is 5.02. The van der Waals surface area contributed by atoms with E-state index in [1.54, 1.807) is 13.2 Å². The van der Waals surface area contributed by atoms with E-state index in [9.17, 15) is 4.79 Å². The highest BCUT2D eigenvalue weighted by Gasteiger charge is 2.32. The van der Waals surface area contributed by atoms with Gasteiger partial charge in [0.05, 0.1) is 13.7 Å². The van der Waals surface area contributed by atoms with Gasteiger partial charge in [-0.1, -0.05) is 22.0 Å². The van der Waals surface area contributed by atoms with E-state index in [0.717, 1.165) is 15.9 Å². The first-order valence-corrected chi connectivity index (χ1v) is 10.2. The molecule has 2 heterocycles. The van der Waals surface area contributed by atoms with Gasteiger partial charge in [-0.2, -0.15) is 0 Å².